The monoisotopic (exact) mass is 1770 g/mol. The Morgan fingerprint density at radius 1 is 0.496 bits per heavy atom. The molecule has 686 valence electrons. The molecule has 39 heteroatoms. The molecule has 4 aromatic carbocycles. The zero-order valence-corrected chi connectivity index (χ0v) is 72.4. The highest BCUT2D eigenvalue weighted by Crippen LogP contribution is 2.43. The standard InChI is InChI=1S/C88H114N14O25/c1-55-43-63-51-101-69-47-73(71(119-7)45-65(69)85(113)99(63)49-55)124-34-12-35-125-74-48-70-66(46-72(74)120-8)86(114)100-50-56(2)44-64(100)52-102(70)88(116)127-54-60-15-19-62(20-16-60)96-84(112)68(22-24-76(104)90-32-40-123-42-41-118-6)98-82(110)58(4)94-80(108)28-37-122-39-31-92-78(106)26-25-77(105)91-30-38-121-36-27-79(107)93-57(3)81(109)97-67(21-23-75(103)89-29-10-9-11-33-117-5)83(111)95-61-17-13-59(14-18-61)53-126-87(101)115/h13-20,45-48,57-58,63-64,67-68H,1-2,9-12,21-24,27-44,49-54H2,3-8H3,(H,89,103)(H,90,104)(H,91,105)(H,92,106)(H,93,107)(H,94,108)(H,95,111)(H,96,112)(H,97,109)(H,98,110)/t57-,58-,63-,64-,67-,68-/m0/s1. The summed E-state index contributed by atoms with van der Waals surface area (Å²) >= 11 is 0. The van der Waals surface area contributed by atoms with E-state index in [0.717, 1.165) is 24.0 Å². The van der Waals surface area contributed by atoms with Crippen molar-refractivity contribution in [2.24, 2.45) is 0 Å². The Labute approximate surface area is 736 Å². The molecule has 11 rings (SSSR count). The van der Waals surface area contributed by atoms with Crippen LogP contribution in [0, 0.1) is 11.8 Å². The maximum Gasteiger partial charge on any atom is 0.414 e. The molecule has 7 aliphatic rings. The second-order valence-corrected chi connectivity index (χ2v) is 30.5. The van der Waals surface area contributed by atoms with Crippen LogP contribution in [0.2, 0.25) is 0 Å². The van der Waals surface area contributed by atoms with Gasteiger partial charge in [-0.2, -0.15) is 0 Å². The van der Waals surface area contributed by atoms with Gasteiger partial charge < -0.3 is 115 Å². The lowest BCUT2D eigenvalue weighted by Crippen LogP contribution is -2.51. The first kappa shape index (κ1) is 97.9. The fraction of sp³-hybridized carbons (Fsp3) is 0.500. The van der Waals surface area contributed by atoms with E-state index in [0.29, 0.717) is 56.8 Å². The fourth-order valence-corrected chi connectivity index (χ4v) is 14.1. The van der Waals surface area contributed by atoms with Gasteiger partial charge >= 0.3 is 12.2 Å². The van der Waals surface area contributed by atoms with Crippen LogP contribution in [-0.2, 0) is 94.3 Å². The summed E-state index contributed by atoms with van der Waals surface area (Å²) in [7, 11) is 5.95. The number of amides is 14. The van der Waals surface area contributed by atoms with Crippen LogP contribution in [0.1, 0.15) is 123 Å². The van der Waals surface area contributed by atoms with Crippen molar-refractivity contribution < 1.29 is 119 Å². The van der Waals surface area contributed by atoms with Gasteiger partial charge in [0, 0.05) is 128 Å². The second kappa shape index (κ2) is 50.3. The molecule has 7 aliphatic heterocycles. The Kier molecular flexibility index (Phi) is 38.8. The number of hydrogen-bond acceptors (Lipinski definition) is 25. The third-order valence-corrected chi connectivity index (χ3v) is 20.8. The predicted octanol–water partition coefficient (Wildman–Crippen LogP) is 3.60. The van der Waals surface area contributed by atoms with Crippen molar-refractivity contribution in [1.82, 2.24) is 52.3 Å². The van der Waals surface area contributed by atoms with Gasteiger partial charge in [-0.3, -0.25) is 67.3 Å². The summed E-state index contributed by atoms with van der Waals surface area (Å²) in [6, 6.07) is 12.8. The average Bonchev–Trinajstić information content (AvgIpc) is 1.63. The van der Waals surface area contributed by atoms with Crippen LogP contribution in [0.5, 0.6) is 23.0 Å². The van der Waals surface area contributed by atoms with Crippen molar-refractivity contribution >= 4 is 106 Å². The van der Waals surface area contributed by atoms with E-state index in [-0.39, 0.29) is 225 Å². The number of nitrogens with one attached hydrogen (secondary N) is 10. The minimum atomic E-state index is -1.30. The molecule has 0 radical (unpaired) electrons. The molecule has 8 bridgehead atoms. The third-order valence-electron chi connectivity index (χ3n) is 20.8. The maximum absolute atomic E-state index is 14.6. The number of ether oxygens (including phenoxy) is 11. The van der Waals surface area contributed by atoms with Crippen molar-refractivity contribution in [3.63, 3.8) is 0 Å². The number of benzene rings is 4. The fourth-order valence-electron chi connectivity index (χ4n) is 14.1. The van der Waals surface area contributed by atoms with Gasteiger partial charge in [-0.1, -0.05) is 48.6 Å². The number of nitrogens with zero attached hydrogens (tertiary/aromatic N) is 4. The lowest BCUT2D eigenvalue weighted by atomic mass is 10.1. The summed E-state index contributed by atoms with van der Waals surface area (Å²) in [5.41, 5.74) is 3.73. The Bertz CT molecular complexity index is 4370. The Morgan fingerprint density at radius 3 is 1.37 bits per heavy atom. The summed E-state index contributed by atoms with van der Waals surface area (Å²) in [5, 5.41) is 26.4. The Hall–Kier alpha value is -12.9. The van der Waals surface area contributed by atoms with Gasteiger partial charge in [-0.25, -0.2) is 9.59 Å². The molecule has 0 saturated carbocycles. The number of methoxy groups -OCH3 is 4. The molecule has 0 unspecified atom stereocenters. The first-order valence-corrected chi connectivity index (χ1v) is 42.1. The largest absolute Gasteiger partial charge is 0.493 e. The molecular weight excluding hydrogens is 1650 g/mol. The number of fused-ring (bicyclic) bond motifs is 4. The zero-order valence-electron chi connectivity index (χ0n) is 72.4. The van der Waals surface area contributed by atoms with E-state index in [1.54, 1.807) is 65.4 Å². The van der Waals surface area contributed by atoms with Gasteiger partial charge in [0.25, 0.3) is 23.6 Å². The first-order chi connectivity index (χ1) is 61.2. The lowest BCUT2D eigenvalue weighted by molar-refractivity contribution is -0.131. The van der Waals surface area contributed by atoms with Crippen molar-refractivity contribution in [2.75, 3.05) is 167 Å². The van der Waals surface area contributed by atoms with Gasteiger partial charge in [0.1, 0.15) is 37.4 Å². The maximum atomic E-state index is 14.6. The Morgan fingerprint density at radius 2 is 0.937 bits per heavy atom. The summed E-state index contributed by atoms with van der Waals surface area (Å²) < 4.78 is 62.7. The van der Waals surface area contributed by atoms with E-state index in [9.17, 15) is 67.1 Å². The van der Waals surface area contributed by atoms with Crippen LogP contribution in [0.15, 0.2) is 97.1 Å². The summed E-state index contributed by atoms with van der Waals surface area (Å²) in [5.74, 6) is -2.24. The molecule has 14 amide bonds. The van der Waals surface area contributed by atoms with E-state index < -0.39 is 102 Å². The molecule has 2 fully saturated rings. The highest BCUT2D eigenvalue weighted by atomic mass is 16.6. The van der Waals surface area contributed by atoms with Gasteiger partial charge in [0.2, 0.25) is 47.3 Å². The smallest absolute Gasteiger partial charge is 0.414 e. The minimum absolute atomic E-state index is 0.00412. The van der Waals surface area contributed by atoms with Crippen molar-refractivity contribution in [1.29, 1.82) is 0 Å². The van der Waals surface area contributed by atoms with Crippen LogP contribution in [0.3, 0.4) is 0 Å². The highest BCUT2D eigenvalue weighted by Gasteiger charge is 2.43. The van der Waals surface area contributed by atoms with E-state index in [1.165, 1.54) is 69.2 Å². The lowest BCUT2D eigenvalue weighted by Gasteiger charge is -2.26. The van der Waals surface area contributed by atoms with Crippen molar-refractivity contribution in [3.05, 3.63) is 119 Å². The molecular formula is C88H114N14O25. The summed E-state index contributed by atoms with van der Waals surface area (Å²) in [6.45, 7) is 12.5. The Balaban J connectivity index is 0.906. The molecule has 7 heterocycles. The zero-order chi connectivity index (χ0) is 91.3. The molecule has 127 heavy (non-hydrogen) atoms. The van der Waals surface area contributed by atoms with E-state index >= 15 is 0 Å². The van der Waals surface area contributed by atoms with E-state index in [1.807, 2.05) is 0 Å². The SMILES string of the molecule is C=C1C[C@H]2CN3C(=O)OCc4ccc(cc4)NC(=O)[C@H](CCC(=O)NCCCCCOC)NC(=O)[C@H](C)NC(=O)CCOCCNC(=O)C#CC(=O)NCCOCCC(=O)N[C@@H](C)C(=O)N[C@@H](CCC(=O)NCCOCCOC)C(=O)Nc4ccc(cc4)COC(=O)N4C[C@@H]5CC(=C)CN5C(=O)c5cc(OC)c(cc54)OCCCOc4cc3c(cc4OC)C(=O)N2C1. The second-order valence-electron chi connectivity index (χ2n) is 30.5. The topological polar surface area (TPSA) is 474 Å². The summed E-state index contributed by atoms with van der Waals surface area (Å²) in [4.78, 5) is 197. The predicted molar refractivity (Wildman–Crippen MR) is 461 cm³/mol. The van der Waals surface area contributed by atoms with Crippen LogP contribution in [-0.4, -0.2) is 276 Å². The molecule has 39 nitrogen and oxygen atoms in total. The van der Waals surface area contributed by atoms with Crippen LogP contribution in [0.4, 0.5) is 32.3 Å². The van der Waals surface area contributed by atoms with Crippen LogP contribution < -0.4 is 81.9 Å². The number of carbonyl (C=O) groups excluding carboxylic acids is 14. The third kappa shape index (κ3) is 30.5. The molecule has 0 aromatic heterocycles. The number of unbranched alkanes of at least 4 members (excludes halogenated alkanes) is 2. The average molecular weight is 1770 g/mol. The number of hydrogen-bond donors (Lipinski definition) is 10. The number of rotatable bonds is 20. The number of carbonyl (C=O) groups is 14. The quantitative estimate of drug-likeness (QED) is 0.0343. The summed E-state index contributed by atoms with van der Waals surface area (Å²) in [6.07, 6.45) is 0.641. The van der Waals surface area contributed by atoms with Crippen LogP contribution in [0.25, 0.3) is 0 Å². The van der Waals surface area contributed by atoms with Gasteiger partial charge in [-0.15, -0.1) is 0 Å². The van der Waals surface area contributed by atoms with Crippen LogP contribution >= 0.6 is 0 Å². The van der Waals surface area contributed by atoms with Gasteiger partial charge in [0.05, 0.1) is 121 Å². The minimum Gasteiger partial charge on any atom is -0.493 e. The molecule has 10 N–H and O–H groups in total. The number of anilines is 4. The molecule has 0 aliphatic carbocycles. The molecule has 4 aromatic rings. The molecule has 6 atom stereocenters. The molecule has 2 saturated heterocycles. The van der Waals surface area contributed by atoms with Crippen molar-refractivity contribution in [3.8, 4) is 34.8 Å². The normalized spacial score (nSPS) is 20.7. The molecule has 0 spiro atoms. The van der Waals surface area contributed by atoms with E-state index in [2.05, 4.69) is 78.2 Å². The first-order valence-electron chi connectivity index (χ1n) is 42.1. The van der Waals surface area contributed by atoms with Gasteiger partial charge in [0.15, 0.2) is 23.0 Å². The van der Waals surface area contributed by atoms with Gasteiger partial charge in [-0.05, 0) is 106 Å². The van der Waals surface area contributed by atoms with E-state index in [4.69, 9.17) is 52.1 Å². The van der Waals surface area contributed by atoms with Crippen molar-refractivity contribution in [2.45, 2.75) is 140 Å². The highest BCUT2D eigenvalue weighted by molar-refractivity contribution is 6.08.